The SMILES string of the molecule is Cc1nc2ccc(-c3cnc(C(C)(C)O)nc3)cc2c(NC(C)c2cc(F)ccc2F)c1Cl. The molecule has 2 N–H and O–H groups in total. The van der Waals surface area contributed by atoms with E-state index in [2.05, 4.69) is 20.3 Å². The molecule has 0 amide bonds. The van der Waals surface area contributed by atoms with Gasteiger partial charge in [0.25, 0.3) is 0 Å². The number of hydrogen-bond acceptors (Lipinski definition) is 5. The Hall–Kier alpha value is -3.16. The van der Waals surface area contributed by atoms with Crippen LogP contribution >= 0.6 is 11.6 Å². The molecule has 0 aliphatic heterocycles. The van der Waals surface area contributed by atoms with Crippen LogP contribution in [0.4, 0.5) is 14.5 Å². The van der Waals surface area contributed by atoms with E-state index in [4.69, 9.17) is 11.6 Å². The van der Waals surface area contributed by atoms with Crippen LogP contribution in [0.2, 0.25) is 5.02 Å². The average molecular weight is 469 g/mol. The minimum Gasteiger partial charge on any atom is -0.382 e. The monoisotopic (exact) mass is 468 g/mol. The Balaban J connectivity index is 1.79. The van der Waals surface area contributed by atoms with Crippen LogP contribution in [0.3, 0.4) is 0 Å². The standard InChI is InChI=1S/C25H23ClF2N4O/c1-13(18-10-17(27)6-7-20(18)28)32-23-19-9-15(5-8-21(19)31-14(2)22(23)26)16-11-29-24(30-12-16)25(3,4)33/h5-13,33H,1-4H3,(H,31,32). The third-order valence-corrected chi connectivity index (χ3v) is 5.87. The predicted molar refractivity (Wildman–Crippen MR) is 126 cm³/mol. The molecule has 0 saturated heterocycles. The molecule has 8 heteroatoms. The molecule has 2 aromatic carbocycles. The smallest absolute Gasteiger partial charge is 0.159 e. The van der Waals surface area contributed by atoms with Crippen molar-refractivity contribution < 1.29 is 13.9 Å². The van der Waals surface area contributed by atoms with Gasteiger partial charge in [0.15, 0.2) is 5.82 Å². The number of aryl methyl sites for hydroxylation is 1. The average Bonchev–Trinajstić information content (AvgIpc) is 2.77. The zero-order valence-electron chi connectivity index (χ0n) is 18.6. The van der Waals surface area contributed by atoms with E-state index in [1.165, 1.54) is 6.07 Å². The Morgan fingerprint density at radius 3 is 2.39 bits per heavy atom. The first-order valence-electron chi connectivity index (χ1n) is 10.4. The van der Waals surface area contributed by atoms with Crippen LogP contribution in [0.15, 0.2) is 48.8 Å². The van der Waals surface area contributed by atoms with E-state index in [0.29, 0.717) is 27.7 Å². The molecule has 4 aromatic rings. The quantitative estimate of drug-likeness (QED) is 0.358. The number of hydrogen-bond donors (Lipinski definition) is 2. The van der Waals surface area contributed by atoms with Crippen molar-refractivity contribution in [3.63, 3.8) is 0 Å². The highest BCUT2D eigenvalue weighted by Crippen LogP contribution is 2.37. The molecular weight excluding hydrogens is 446 g/mol. The lowest BCUT2D eigenvalue weighted by atomic mass is 10.0. The van der Waals surface area contributed by atoms with Gasteiger partial charge >= 0.3 is 0 Å². The summed E-state index contributed by atoms with van der Waals surface area (Å²) in [4.78, 5) is 13.1. The minimum absolute atomic E-state index is 0.195. The number of aromatic nitrogens is 3. The van der Waals surface area contributed by atoms with E-state index < -0.39 is 23.3 Å². The fraction of sp³-hybridized carbons (Fsp3) is 0.240. The lowest BCUT2D eigenvalue weighted by Gasteiger charge is -2.20. The molecule has 5 nitrogen and oxygen atoms in total. The van der Waals surface area contributed by atoms with Gasteiger partial charge in [-0.3, -0.25) is 4.98 Å². The summed E-state index contributed by atoms with van der Waals surface area (Å²) in [5.74, 6) is -0.702. The van der Waals surface area contributed by atoms with Crippen molar-refractivity contribution in [1.82, 2.24) is 15.0 Å². The number of halogens is 3. The number of nitrogens with one attached hydrogen (secondary N) is 1. The van der Waals surface area contributed by atoms with Gasteiger partial charge in [0.05, 0.1) is 28.0 Å². The van der Waals surface area contributed by atoms with Crippen molar-refractivity contribution in [2.24, 2.45) is 0 Å². The van der Waals surface area contributed by atoms with Crippen molar-refractivity contribution in [2.45, 2.75) is 39.3 Å². The molecule has 33 heavy (non-hydrogen) atoms. The largest absolute Gasteiger partial charge is 0.382 e. The van der Waals surface area contributed by atoms with E-state index in [1.807, 2.05) is 18.2 Å². The van der Waals surface area contributed by atoms with E-state index >= 15 is 0 Å². The number of pyridine rings is 1. The second-order valence-electron chi connectivity index (χ2n) is 8.50. The van der Waals surface area contributed by atoms with Crippen molar-refractivity contribution in [1.29, 1.82) is 0 Å². The second kappa shape index (κ2) is 8.65. The van der Waals surface area contributed by atoms with Crippen LogP contribution in [0, 0.1) is 18.6 Å². The molecule has 0 aliphatic rings. The first-order chi connectivity index (χ1) is 15.5. The van der Waals surface area contributed by atoms with Gasteiger partial charge in [-0.2, -0.15) is 0 Å². The van der Waals surface area contributed by atoms with E-state index in [0.717, 1.165) is 28.6 Å². The summed E-state index contributed by atoms with van der Waals surface area (Å²) in [5, 5.41) is 14.5. The maximum atomic E-state index is 14.3. The third kappa shape index (κ3) is 4.65. The highest BCUT2D eigenvalue weighted by atomic mass is 35.5. The van der Waals surface area contributed by atoms with Gasteiger partial charge in [0.2, 0.25) is 0 Å². The Morgan fingerprint density at radius 1 is 1.03 bits per heavy atom. The van der Waals surface area contributed by atoms with Crippen molar-refractivity contribution in [2.75, 3.05) is 5.32 Å². The number of anilines is 1. The van der Waals surface area contributed by atoms with Crippen LogP contribution in [-0.4, -0.2) is 20.1 Å². The molecule has 2 heterocycles. The lowest BCUT2D eigenvalue weighted by molar-refractivity contribution is 0.0687. The minimum atomic E-state index is -1.14. The maximum absolute atomic E-state index is 14.3. The highest BCUT2D eigenvalue weighted by Gasteiger charge is 2.20. The second-order valence-corrected chi connectivity index (χ2v) is 8.88. The maximum Gasteiger partial charge on any atom is 0.159 e. The van der Waals surface area contributed by atoms with E-state index in [-0.39, 0.29) is 5.56 Å². The summed E-state index contributed by atoms with van der Waals surface area (Å²) in [5.41, 5.74) is 2.51. The number of aliphatic hydroxyl groups is 1. The lowest BCUT2D eigenvalue weighted by Crippen LogP contribution is -2.19. The summed E-state index contributed by atoms with van der Waals surface area (Å²) in [6.07, 6.45) is 3.28. The van der Waals surface area contributed by atoms with Gasteiger partial charge < -0.3 is 10.4 Å². The molecule has 1 unspecified atom stereocenters. The fourth-order valence-corrected chi connectivity index (χ4v) is 3.82. The molecule has 0 saturated carbocycles. The van der Waals surface area contributed by atoms with E-state index in [1.54, 1.807) is 40.1 Å². The molecule has 0 spiro atoms. The van der Waals surface area contributed by atoms with E-state index in [9.17, 15) is 13.9 Å². The Morgan fingerprint density at radius 2 is 1.73 bits per heavy atom. The Labute approximate surface area is 195 Å². The van der Waals surface area contributed by atoms with Gasteiger partial charge in [-0.1, -0.05) is 17.7 Å². The van der Waals surface area contributed by atoms with Crippen LogP contribution in [0.1, 0.15) is 43.9 Å². The summed E-state index contributed by atoms with van der Waals surface area (Å²) >= 11 is 6.60. The van der Waals surface area contributed by atoms with Crippen LogP contribution in [0.5, 0.6) is 0 Å². The number of nitrogens with zero attached hydrogens (tertiary/aromatic N) is 3. The van der Waals surface area contributed by atoms with Crippen molar-refractivity contribution in [3.05, 3.63) is 82.5 Å². The number of rotatable bonds is 5. The molecule has 1 atom stereocenters. The van der Waals surface area contributed by atoms with Crippen LogP contribution in [0.25, 0.3) is 22.0 Å². The molecule has 0 bridgehead atoms. The summed E-state index contributed by atoms with van der Waals surface area (Å²) in [7, 11) is 0. The summed E-state index contributed by atoms with van der Waals surface area (Å²) < 4.78 is 28.1. The number of benzene rings is 2. The fourth-order valence-electron chi connectivity index (χ4n) is 3.62. The molecule has 0 radical (unpaired) electrons. The number of fused-ring (bicyclic) bond motifs is 1. The van der Waals surface area contributed by atoms with Gasteiger partial charge in [0, 0.05) is 28.9 Å². The Bertz CT molecular complexity index is 1340. The Kier molecular flexibility index (Phi) is 6.03. The van der Waals surface area contributed by atoms with Gasteiger partial charge in [-0.05, 0) is 63.6 Å². The van der Waals surface area contributed by atoms with Gasteiger partial charge in [0.1, 0.15) is 17.2 Å². The van der Waals surface area contributed by atoms with Crippen LogP contribution < -0.4 is 5.32 Å². The molecule has 0 fully saturated rings. The first kappa shape index (κ1) is 23.0. The normalized spacial score (nSPS) is 12.7. The topological polar surface area (TPSA) is 70.9 Å². The molecule has 170 valence electrons. The molecule has 2 aromatic heterocycles. The zero-order valence-corrected chi connectivity index (χ0v) is 19.4. The van der Waals surface area contributed by atoms with Crippen LogP contribution in [-0.2, 0) is 5.60 Å². The molecular formula is C25H23ClF2N4O. The van der Waals surface area contributed by atoms with Gasteiger partial charge in [-0.15, -0.1) is 0 Å². The zero-order chi connectivity index (χ0) is 23.9. The summed E-state index contributed by atoms with van der Waals surface area (Å²) in [6.45, 7) is 6.77. The van der Waals surface area contributed by atoms with Crippen molar-refractivity contribution in [3.8, 4) is 11.1 Å². The summed E-state index contributed by atoms with van der Waals surface area (Å²) in [6, 6.07) is 8.46. The van der Waals surface area contributed by atoms with Gasteiger partial charge in [-0.25, -0.2) is 18.7 Å². The predicted octanol–water partition coefficient (Wildman–Crippen LogP) is 6.33. The first-order valence-corrected chi connectivity index (χ1v) is 10.8. The van der Waals surface area contributed by atoms with Crippen molar-refractivity contribution >= 4 is 28.2 Å². The molecule has 4 rings (SSSR count). The highest BCUT2D eigenvalue weighted by molar-refractivity contribution is 6.35. The third-order valence-electron chi connectivity index (χ3n) is 5.41. The molecule has 0 aliphatic carbocycles.